The molecular formula is C19H21N3O2. The van der Waals surface area contributed by atoms with Crippen molar-refractivity contribution in [2.75, 3.05) is 14.2 Å². The average Bonchev–Trinajstić information content (AvgIpc) is 3.33. The highest BCUT2D eigenvalue weighted by Crippen LogP contribution is 2.45. The second-order valence-corrected chi connectivity index (χ2v) is 6.65. The number of benzene rings is 1. The Morgan fingerprint density at radius 1 is 1.33 bits per heavy atom. The first-order valence-electron chi connectivity index (χ1n) is 8.26. The van der Waals surface area contributed by atoms with Gasteiger partial charge in [-0.25, -0.2) is 4.79 Å². The number of nitrogens with zero attached hydrogens (tertiary/aromatic N) is 2. The molecule has 124 valence electrons. The van der Waals surface area contributed by atoms with Crippen molar-refractivity contribution in [3.8, 4) is 0 Å². The van der Waals surface area contributed by atoms with Crippen molar-refractivity contribution in [1.29, 1.82) is 0 Å². The molecule has 5 nitrogen and oxygen atoms in total. The first-order valence-corrected chi connectivity index (χ1v) is 8.26. The number of ether oxygens (including phenoxy) is 1. The van der Waals surface area contributed by atoms with Gasteiger partial charge in [-0.3, -0.25) is 4.99 Å². The quantitative estimate of drug-likeness (QED) is 0.869. The first-order chi connectivity index (χ1) is 11.6. The largest absolute Gasteiger partial charge is 0.465 e. The predicted molar refractivity (Wildman–Crippen MR) is 92.8 cm³/mol. The van der Waals surface area contributed by atoms with Crippen LogP contribution >= 0.6 is 0 Å². The molecule has 0 aromatic heterocycles. The third-order valence-electron chi connectivity index (χ3n) is 4.78. The fourth-order valence-electron chi connectivity index (χ4n) is 3.34. The molecule has 2 heterocycles. The lowest BCUT2D eigenvalue weighted by atomic mass is 9.94. The predicted octanol–water partition coefficient (Wildman–Crippen LogP) is 3.00. The first kappa shape index (κ1) is 15.0. The molecule has 4 rings (SSSR count). The number of esters is 1. The zero-order chi connectivity index (χ0) is 16.8. The SMILES string of the molecule is COC(=O)c1cc(C2N=C3C=CN(C)C=C3N2)c(C2CC2)cc1C. The van der Waals surface area contributed by atoms with Crippen molar-refractivity contribution in [2.24, 2.45) is 4.99 Å². The number of hydrogen-bond acceptors (Lipinski definition) is 5. The minimum absolute atomic E-state index is 0.151. The van der Waals surface area contributed by atoms with Gasteiger partial charge in [0.1, 0.15) is 6.17 Å². The summed E-state index contributed by atoms with van der Waals surface area (Å²) >= 11 is 0. The molecule has 1 aliphatic carbocycles. The summed E-state index contributed by atoms with van der Waals surface area (Å²) < 4.78 is 4.93. The number of allylic oxidation sites excluding steroid dienone is 1. The Kier molecular flexibility index (Phi) is 3.44. The number of rotatable bonds is 3. The van der Waals surface area contributed by atoms with Gasteiger partial charge in [0.2, 0.25) is 0 Å². The van der Waals surface area contributed by atoms with Gasteiger partial charge in [-0.2, -0.15) is 0 Å². The van der Waals surface area contributed by atoms with Gasteiger partial charge in [0.05, 0.1) is 24.1 Å². The van der Waals surface area contributed by atoms with Gasteiger partial charge in [0.25, 0.3) is 0 Å². The van der Waals surface area contributed by atoms with E-state index in [1.54, 1.807) is 0 Å². The van der Waals surface area contributed by atoms with E-state index in [4.69, 9.17) is 9.73 Å². The van der Waals surface area contributed by atoms with Crippen molar-refractivity contribution < 1.29 is 9.53 Å². The molecule has 24 heavy (non-hydrogen) atoms. The standard InChI is InChI=1S/C19H21N3O2/c1-11-8-14(12-4-5-12)15(9-13(11)19(23)24-3)18-20-16-6-7-22(2)10-17(16)21-18/h6-10,12,18,21H,4-5H2,1-3H3. The molecular weight excluding hydrogens is 302 g/mol. The normalized spacial score (nSPS) is 21.8. The fourth-order valence-corrected chi connectivity index (χ4v) is 3.34. The minimum Gasteiger partial charge on any atom is -0.465 e. The van der Waals surface area contributed by atoms with E-state index >= 15 is 0 Å². The van der Waals surface area contributed by atoms with Crippen LogP contribution in [0.25, 0.3) is 0 Å². The molecule has 1 fully saturated rings. The lowest BCUT2D eigenvalue weighted by Gasteiger charge is -2.19. The van der Waals surface area contributed by atoms with Crippen LogP contribution in [-0.2, 0) is 4.74 Å². The van der Waals surface area contributed by atoms with Crippen LogP contribution in [0, 0.1) is 6.92 Å². The summed E-state index contributed by atoms with van der Waals surface area (Å²) in [5.41, 5.74) is 5.96. The summed E-state index contributed by atoms with van der Waals surface area (Å²) in [7, 11) is 3.41. The van der Waals surface area contributed by atoms with Gasteiger partial charge in [-0.15, -0.1) is 0 Å². The number of nitrogens with one attached hydrogen (secondary N) is 1. The number of fused-ring (bicyclic) bond motifs is 1. The minimum atomic E-state index is -0.294. The third kappa shape index (κ3) is 2.50. The monoisotopic (exact) mass is 323 g/mol. The van der Waals surface area contributed by atoms with E-state index in [0.717, 1.165) is 22.5 Å². The second-order valence-electron chi connectivity index (χ2n) is 6.65. The van der Waals surface area contributed by atoms with E-state index in [2.05, 4.69) is 11.4 Å². The molecule has 1 aromatic rings. The molecule has 1 N–H and O–H groups in total. The van der Waals surface area contributed by atoms with Crippen LogP contribution in [0.1, 0.15) is 52.0 Å². The Morgan fingerprint density at radius 3 is 2.83 bits per heavy atom. The summed E-state index contributed by atoms with van der Waals surface area (Å²) in [4.78, 5) is 18.9. The van der Waals surface area contributed by atoms with Gasteiger partial charge in [0, 0.05) is 25.0 Å². The van der Waals surface area contributed by atoms with Crippen LogP contribution in [0.15, 0.2) is 41.3 Å². The molecule has 0 spiro atoms. The summed E-state index contributed by atoms with van der Waals surface area (Å²) in [6, 6.07) is 4.10. The van der Waals surface area contributed by atoms with Crippen molar-refractivity contribution in [2.45, 2.75) is 31.8 Å². The Morgan fingerprint density at radius 2 is 2.12 bits per heavy atom. The van der Waals surface area contributed by atoms with Crippen molar-refractivity contribution >= 4 is 11.7 Å². The number of methoxy groups -OCH3 is 1. The van der Waals surface area contributed by atoms with Gasteiger partial charge in [0.15, 0.2) is 0 Å². The van der Waals surface area contributed by atoms with E-state index in [-0.39, 0.29) is 12.1 Å². The highest BCUT2D eigenvalue weighted by molar-refractivity contribution is 6.10. The zero-order valence-electron chi connectivity index (χ0n) is 14.2. The van der Waals surface area contributed by atoms with Crippen molar-refractivity contribution in [3.05, 3.63) is 58.6 Å². The van der Waals surface area contributed by atoms with Gasteiger partial charge < -0.3 is 15.0 Å². The molecule has 1 aromatic carbocycles. The topological polar surface area (TPSA) is 53.9 Å². The maximum atomic E-state index is 12.1. The number of hydrogen-bond donors (Lipinski definition) is 1. The highest BCUT2D eigenvalue weighted by Gasteiger charge is 2.32. The molecule has 1 saturated carbocycles. The van der Waals surface area contributed by atoms with Crippen LogP contribution in [0.2, 0.25) is 0 Å². The van der Waals surface area contributed by atoms with Crippen LogP contribution in [0.5, 0.6) is 0 Å². The lowest BCUT2D eigenvalue weighted by Crippen LogP contribution is -2.21. The third-order valence-corrected chi connectivity index (χ3v) is 4.78. The molecule has 3 aliphatic rings. The number of aliphatic imine (C=N–C) groups is 1. The molecule has 5 heteroatoms. The van der Waals surface area contributed by atoms with E-state index in [9.17, 15) is 4.79 Å². The molecule has 0 bridgehead atoms. The fraction of sp³-hybridized carbons (Fsp3) is 0.368. The van der Waals surface area contributed by atoms with E-state index < -0.39 is 0 Å². The van der Waals surface area contributed by atoms with E-state index in [1.165, 1.54) is 25.5 Å². The smallest absolute Gasteiger partial charge is 0.338 e. The Hall–Kier alpha value is -2.56. The van der Waals surface area contributed by atoms with Crippen LogP contribution < -0.4 is 5.32 Å². The van der Waals surface area contributed by atoms with E-state index in [1.807, 2.05) is 43.4 Å². The summed E-state index contributed by atoms with van der Waals surface area (Å²) in [6.07, 6.45) is 8.29. The Labute approximate surface area is 141 Å². The molecule has 1 unspecified atom stereocenters. The Balaban J connectivity index is 1.77. The summed E-state index contributed by atoms with van der Waals surface area (Å²) in [5.74, 6) is 0.292. The second kappa shape index (κ2) is 5.51. The molecule has 0 amide bonds. The summed E-state index contributed by atoms with van der Waals surface area (Å²) in [5, 5.41) is 3.48. The van der Waals surface area contributed by atoms with Gasteiger partial charge in [-0.1, -0.05) is 6.07 Å². The van der Waals surface area contributed by atoms with Crippen molar-refractivity contribution in [3.63, 3.8) is 0 Å². The van der Waals surface area contributed by atoms with Gasteiger partial charge in [-0.05, 0) is 49.0 Å². The van der Waals surface area contributed by atoms with Gasteiger partial charge >= 0.3 is 5.97 Å². The van der Waals surface area contributed by atoms with Crippen molar-refractivity contribution in [1.82, 2.24) is 10.2 Å². The molecule has 0 saturated heterocycles. The maximum Gasteiger partial charge on any atom is 0.338 e. The summed E-state index contributed by atoms with van der Waals surface area (Å²) in [6.45, 7) is 1.97. The zero-order valence-corrected chi connectivity index (χ0v) is 14.2. The highest BCUT2D eigenvalue weighted by atomic mass is 16.5. The van der Waals surface area contributed by atoms with Crippen LogP contribution in [0.4, 0.5) is 0 Å². The average molecular weight is 323 g/mol. The van der Waals surface area contributed by atoms with Crippen LogP contribution in [-0.4, -0.2) is 30.7 Å². The molecule has 1 atom stereocenters. The number of carbonyl (C=O) groups is 1. The Bertz CT molecular complexity index is 803. The maximum absolute atomic E-state index is 12.1. The number of carbonyl (C=O) groups excluding carboxylic acids is 1. The van der Waals surface area contributed by atoms with E-state index in [0.29, 0.717) is 11.5 Å². The lowest BCUT2D eigenvalue weighted by molar-refractivity contribution is 0.0599. The van der Waals surface area contributed by atoms with Crippen LogP contribution in [0.3, 0.4) is 0 Å². The molecule has 2 aliphatic heterocycles. The molecule has 0 radical (unpaired) electrons. The number of aryl methyl sites for hydroxylation is 1.